The van der Waals surface area contributed by atoms with Gasteiger partial charge in [-0.05, 0) is 86.2 Å². The van der Waals surface area contributed by atoms with Crippen molar-refractivity contribution in [2.45, 2.75) is 69.8 Å². The maximum Gasteiger partial charge on any atom is 0.355 e. The van der Waals surface area contributed by atoms with E-state index in [0.717, 1.165) is 23.1 Å². The number of aromatic amines is 1. The minimum atomic E-state index is -3.43. The molecule has 1 atom stereocenters. The van der Waals surface area contributed by atoms with E-state index < -0.39 is 33.3 Å². The highest BCUT2D eigenvalue weighted by molar-refractivity contribution is 7.90. The van der Waals surface area contributed by atoms with Crippen LogP contribution in [0.1, 0.15) is 70.5 Å². The number of carbonyl (C=O) groups is 4. The number of piperidine rings is 1. The second-order valence-electron chi connectivity index (χ2n) is 12.0. The molecule has 2 fully saturated rings. The maximum absolute atomic E-state index is 13.8. The summed E-state index contributed by atoms with van der Waals surface area (Å²) in [5.74, 6) is -2.65. The molecular formula is C34H37ClN2O8S. The monoisotopic (exact) mass is 668 g/mol. The van der Waals surface area contributed by atoms with Gasteiger partial charge in [-0.25, -0.2) is 13.2 Å². The van der Waals surface area contributed by atoms with Crippen molar-refractivity contribution in [2.24, 2.45) is 0 Å². The zero-order valence-electron chi connectivity index (χ0n) is 26.5. The van der Waals surface area contributed by atoms with Gasteiger partial charge in [0.05, 0.1) is 11.5 Å². The molecule has 3 aromatic rings. The molecule has 0 bridgehead atoms. The molecule has 1 amide bonds. The number of halogens is 1. The number of esters is 2. The number of nitrogens with one attached hydrogen (secondary N) is 1. The topological polar surface area (TPSA) is 140 Å². The van der Waals surface area contributed by atoms with E-state index in [-0.39, 0.29) is 60.6 Å². The Labute approximate surface area is 273 Å². The molecule has 10 nitrogen and oxygen atoms in total. The summed E-state index contributed by atoms with van der Waals surface area (Å²) in [5, 5.41) is 0.274. The number of hydrogen-bond acceptors (Lipinski definition) is 8. The lowest BCUT2D eigenvalue weighted by atomic mass is 9.80. The number of rotatable bonds is 8. The molecule has 1 unspecified atom stereocenters. The van der Waals surface area contributed by atoms with Crippen LogP contribution in [-0.4, -0.2) is 73.5 Å². The highest BCUT2D eigenvalue weighted by atomic mass is 35.5. The molecule has 1 N–H and O–H groups in total. The van der Waals surface area contributed by atoms with Crippen molar-refractivity contribution in [1.29, 1.82) is 0 Å². The van der Waals surface area contributed by atoms with Crippen LogP contribution in [0, 0.1) is 20.8 Å². The Morgan fingerprint density at radius 2 is 1.80 bits per heavy atom. The van der Waals surface area contributed by atoms with E-state index in [1.807, 2.05) is 13.8 Å². The number of benzene rings is 2. The lowest BCUT2D eigenvalue weighted by Gasteiger charge is -2.37. The molecule has 2 aromatic carbocycles. The van der Waals surface area contributed by atoms with E-state index in [2.05, 4.69) is 4.98 Å². The van der Waals surface area contributed by atoms with Crippen LogP contribution >= 0.6 is 11.6 Å². The summed E-state index contributed by atoms with van der Waals surface area (Å²) in [7, 11) is -3.43. The van der Waals surface area contributed by atoms with Gasteiger partial charge in [-0.1, -0.05) is 23.7 Å². The van der Waals surface area contributed by atoms with Crippen LogP contribution in [0.5, 0.6) is 0 Å². The number of likely N-dealkylation sites (tertiary alicyclic amines) is 1. The Balaban J connectivity index is 1.27. The predicted molar refractivity (Wildman–Crippen MR) is 172 cm³/mol. The molecule has 3 heterocycles. The van der Waals surface area contributed by atoms with Crippen molar-refractivity contribution in [3.63, 3.8) is 0 Å². The van der Waals surface area contributed by atoms with Crippen LogP contribution in [0.4, 0.5) is 0 Å². The van der Waals surface area contributed by atoms with Gasteiger partial charge in [0.2, 0.25) is 5.91 Å². The molecule has 2 aliphatic rings. The summed E-state index contributed by atoms with van der Waals surface area (Å²) >= 11 is 6.65. The van der Waals surface area contributed by atoms with E-state index in [1.54, 1.807) is 43.0 Å². The van der Waals surface area contributed by atoms with Crippen molar-refractivity contribution in [3.8, 4) is 11.1 Å². The lowest BCUT2D eigenvalue weighted by Crippen LogP contribution is -2.50. The first-order valence-electron chi connectivity index (χ1n) is 15.2. The molecule has 0 saturated carbocycles. The SMILES string of the molecule is CCOC(=O)c1[nH]c(C)c(CCC(=O)N2CCC3(CC2)OC(=O)C(c2cc(Cl)c(-c4cccc(S(C)(=O)=O)c4)cc2C)C3=O)c1C. The second-order valence-corrected chi connectivity index (χ2v) is 14.5. The number of aromatic nitrogens is 1. The minimum Gasteiger partial charge on any atom is -0.461 e. The summed E-state index contributed by atoms with van der Waals surface area (Å²) in [4.78, 5) is 57.3. The number of aryl methyl sites for hydroxylation is 2. The Morgan fingerprint density at radius 3 is 2.46 bits per heavy atom. The number of sulfone groups is 1. The summed E-state index contributed by atoms with van der Waals surface area (Å²) in [5.41, 5.74) is 3.81. The van der Waals surface area contributed by atoms with Crippen LogP contribution in [0.3, 0.4) is 0 Å². The number of H-pyrrole nitrogens is 1. The van der Waals surface area contributed by atoms with Gasteiger partial charge in [0, 0.05) is 54.9 Å². The average molecular weight is 669 g/mol. The molecular weight excluding hydrogens is 632 g/mol. The Morgan fingerprint density at radius 1 is 1.11 bits per heavy atom. The van der Waals surface area contributed by atoms with Gasteiger partial charge in [0.1, 0.15) is 11.6 Å². The van der Waals surface area contributed by atoms with E-state index in [4.69, 9.17) is 21.1 Å². The third kappa shape index (κ3) is 6.22. The summed E-state index contributed by atoms with van der Waals surface area (Å²) in [6.45, 7) is 7.99. The van der Waals surface area contributed by atoms with Crippen molar-refractivity contribution in [2.75, 3.05) is 26.0 Å². The molecule has 2 saturated heterocycles. The largest absolute Gasteiger partial charge is 0.461 e. The maximum atomic E-state index is 13.8. The third-order valence-corrected chi connectivity index (χ3v) is 10.5. The molecule has 12 heteroatoms. The summed E-state index contributed by atoms with van der Waals surface area (Å²) in [6.07, 6.45) is 2.18. The normalized spacial score (nSPS) is 17.8. The Kier molecular flexibility index (Phi) is 9.21. The van der Waals surface area contributed by atoms with Crippen LogP contribution < -0.4 is 0 Å². The molecule has 2 aliphatic heterocycles. The number of amides is 1. The van der Waals surface area contributed by atoms with Crippen molar-refractivity contribution < 1.29 is 37.1 Å². The Hall–Kier alpha value is -3.96. The first-order valence-corrected chi connectivity index (χ1v) is 17.4. The van der Waals surface area contributed by atoms with Crippen LogP contribution in [-0.2, 0) is 40.1 Å². The van der Waals surface area contributed by atoms with Crippen molar-refractivity contribution in [1.82, 2.24) is 9.88 Å². The van der Waals surface area contributed by atoms with Crippen molar-refractivity contribution >= 4 is 45.1 Å². The number of hydrogen-bond donors (Lipinski definition) is 1. The van der Waals surface area contributed by atoms with E-state index in [1.165, 1.54) is 12.1 Å². The van der Waals surface area contributed by atoms with E-state index in [0.29, 0.717) is 34.4 Å². The molecule has 0 aliphatic carbocycles. The predicted octanol–water partition coefficient (Wildman–Crippen LogP) is 5.04. The van der Waals surface area contributed by atoms with Gasteiger partial charge < -0.3 is 19.4 Å². The van der Waals surface area contributed by atoms with Crippen LogP contribution in [0.2, 0.25) is 5.02 Å². The van der Waals surface area contributed by atoms with Gasteiger partial charge in [-0.15, -0.1) is 0 Å². The first kappa shape index (κ1) is 33.4. The number of nitrogens with zero attached hydrogens (tertiary/aromatic N) is 1. The Bertz CT molecular complexity index is 1850. The zero-order valence-corrected chi connectivity index (χ0v) is 28.1. The fraction of sp³-hybridized carbons (Fsp3) is 0.412. The fourth-order valence-electron chi connectivity index (χ4n) is 6.49. The molecule has 5 rings (SSSR count). The van der Waals surface area contributed by atoms with Crippen LogP contribution in [0.25, 0.3) is 11.1 Å². The number of carbonyl (C=O) groups excluding carboxylic acids is 4. The fourth-order valence-corrected chi connectivity index (χ4v) is 7.44. The molecule has 46 heavy (non-hydrogen) atoms. The summed E-state index contributed by atoms with van der Waals surface area (Å²) < 4.78 is 35.0. The van der Waals surface area contributed by atoms with Crippen LogP contribution in [0.15, 0.2) is 41.3 Å². The number of ether oxygens (including phenoxy) is 2. The first-order chi connectivity index (χ1) is 21.7. The number of ketones is 1. The zero-order chi connectivity index (χ0) is 33.6. The number of Topliss-reactive ketones (excluding diaryl/α,β-unsaturated/α-hetero) is 1. The van der Waals surface area contributed by atoms with Gasteiger partial charge >= 0.3 is 11.9 Å². The van der Waals surface area contributed by atoms with Gasteiger partial charge in [-0.3, -0.25) is 14.4 Å². The molecule has 0 radical (unpaired) electrons. The summed E-state index contributed by atoms with van der Waals surface area (Å²) in [6, 6.07) is 9.75. The van der Waals surface area contributed by atoms with Crippen molar-refractivity contribution in [3.05, 3.63) is 75.1 Å². The average Bonchev–Trinajstić information content (AvgIpc) is 3.42. The smallest absolute Gasteiger partial charge is 0.355 e. The highest BCUT2D eigenvalue weighted by Crippen LogP contribution is 2.43. The van der Waals surface area contributed by atoms with Gasteiger partial charge in [0.15, 0.2) is 21.2 Å². The van der Waals surface area contributed by atoms with E-state index >= 15 is 0 Å². The standard InChI is InChI=1S/C34H37ClN2O8S/c1-6-44-33(41)30-20(3)24(21(4)36-30)10-11-28(38)37-14-12-34(13-15-37)31(39)29(32(40)45-34)25-18-27(35)26(16-19(25)2)22-8-7-9-23(17-22)46(5,42)43/h7-9,16-18,29,36H,6,10-15H2,1-5H3. The van der Waals surface area contributed by atoms with Gasteiger partial charge in [0.25, 0.3) is 0 Å². The third-order valence-electron chi connectivity index (χ3n) is 9.07. The highest BCUT2D eigenvalue weighted by Gasteiger charge is 2.57. The quantitative estimate of drug-likeness (QED) is 0.260. The lowest BCUT2D eigenvalue weighted by molar-refractivity contribution is -0.158. The second kappa shape index (κ2) is 12.7. The minimum absolute atomic E-state index is 0.0842. The van der Waals surface area contributed by atoms with E-state index in [9.17, 15) is 27.6 Å². The molecule has 1 aromatic heterocycles. The van der Waals surface area contributed by atoms with Gasteiger partial charge in [-0.2, -0.15) is 0 Å². The molecule has 1 spiro atoms. The molecule has 244 valence electrons.